The second-order valence-electron chi connectivity index (χ2n) is 5.89. The van der Waals surface area contributed by atoms with E-state index in [0.29, 0.717) is 5.69 Å². The molecule has 0 saturated carbocycles. The van der Waals surface area contributed by atoms with Gasteiger partial charge in [-0.15, -0.1) is 5.10 Å². The molecule has 24 heavy (non-hydrogen) atoms. The normalized spacial score (nSPS) is 10.8. The van der Waals surface area contributed by atoms with Gasteiger partial charge in [-0.2, -0.15) is 0 Å². The van der Waals surface area contributed by atoms with E-state index in [1.165, 1.54) is 25.3 Å². The average Bonchev–Trinajstić information content (AvgIpc) is 3.06. The first kappa shape index (κ1) is 16.1. The van der Waals surface area contributed by atoms with Crippen LogP contribution in [0, 0.1) is 0 Å². The first-order chi connectivity index (χ1) is 11.7. The SMILES string of the molecule is CCCCc1ccc(-n2nnc(C(C)=O)c2-c2ccccc2)cc1. The Morgan fingerprint density at radius 3 is 2.38 bits per heavy atom. The zero-order valence-corrected chi connectivity index (χ0v) is 14.1. The summed E-state index contributed by atoms with van der Waals surface area (Å²) in [5, 5.41) is 8.33. The standard InChI is InChI=1S/C20H21N3O/c1-3-4-8-16-11-13-18(14-12-16)23-20(17-9-6-5-7-10-17)19(15(2)24)21-22-23/h5-7,9-14H,3-4,8H2,1-2H3. The quantitative estimate of drug-likeness (QED) is 0.629. The number of aryl methyl sites for hydroxylation is 1. The topological polar surface area (TPSA) is 47.8 Å². The zero-order valence-electron chi connectivity index (χ0n) is 14.1. The van der Waals surface area contributed by atoms with Gasteiger partial charge in [-0.05, 0) is 30.5 Å². The summed E-state index contributed by atoms with van der Waals surface area (Å²) in [6.07, 6.45) is 3.45. The van der Waals surface area contributed by atoms with Gasteiger partial charge in [0.05, 0.1) is 5.69 Å². The Morgan fingerprint density at radius 2 is 1.75 bits per heavy atom. The van der Waals surface area contributed by atoms with E-state index in [2.05, 4.69) is 29.4 Å². The Hall–Kier alpha value is -2.75. The lowest BCUT2D eigenvalue weighted by Crippen LogP contribution is -2.02. The highest BCUT2D eigenvalue weighted by Gasteiger charge is 2.19. The van der Waals surface area contributed by atoms with Gasteiger partial charge in [-0.1, -0.05) is 61.0 Å². The molecular weight excluding hydrogens is 298 g/mol. The van der Waals surface area contributed by atoms with Crippen LogP contribution < -0.4 is 0 Å². The molecule has 0 aliphatic heterocycles. The highest BCUT2D eigenvalue weighted by atomic mass is 16.1. The molecule has 2 aromatic carbocycles. The average molecular weight is 319 g/mol. The molecule has 4 heteroatoms. The van der Waals surface area contributed by atoms with Crippen molar-refractivity contribution in [1.29, 1.82) is 0 Å². The second kappa shape index (κ2) is 7.21. The van der Waals surface area contributed by atoms with E-state index in [0.717, 1.165) is 23.4 Å². The molecule has 0 amide bonds. The fourth-order valence-corrected chi connectivity index (χ4v) is 2.74. The number of benzene rings is 2. The van der Waals surface area contributed by atoms with E-state index in [4.69, 9.17) is 0 Å². The third-order valence-electron chi connectivity index (χ3n) is 4.05. The largest absolute Gasteiger partial charge is 0.293 e. The number of carbonyl (C=O) groups excluding carboxylic acids is 1. The lowest BCUT2D eigenvalue weighted by atomic mass is 10.1. The van der Waals surface area contributed by atoms with Crippen molar-refractivity contribution < 1.29 is 4.79 Å². The Labute approximate surface area is 142 Å². The number of rotatable bonds is 6. The fourth-order valence-electron chi connectivity index (χ4n) is 2.74. The third kappa shape index (κ3) is 3.27. The van der Waals surface area contributed by atoms with Crippen molar-refractivity contribution in [1.82, 2.24) is 15.0 Å². The van der Waals surface area contributed by atoms with Crippen LogP contribution in [0.5, 0.6) is 0 Å². The van der Waals surface area contributed by atoms with Gasteiger partial charge in [0, 0.05) is 12.5 Å². The van der Waals surface area contributed by atoms with Crippen LogP contribution in [-0.4, -0.2) is 20.8 Å². The van der Waals surface area contributed by atoms with E-state index in [1.807, 2.05) is 42.5 Å². The smallest absolute Gasteiger partial charge is 0.182 e. The second-order valence-corrected chi connectivity index (χ2v) is 5.89. The fraction of sp³-hybridized carbons (Fsp3) is 0.250. The molecule has 0 atom stereocenters. The first-order valence-corrected chi connectivity index (χ1v) is 8.32. The van der Waals surface area contributed by atoms with Crippen LogP contribution in [0.4, 0.5) is 0 Å². The van der Waals surface area contributed by atoms with Crippen molar-refractivity contribution in [3.05, 3.63) is 65.9 Å². The molecule has 0 saturated heterocycles. The van der Waals surface area contributed by atoms with Gasteiger partial charge in [-0.25, -0.2) is 4.68 Å². The van der Waals surface area contributed by atoms with E-state index >= 15 is 0 Å². The maximum Gasteiger partial charge on any atom is 0.182 e. The van der Waals surface area contributed by atoms with Gasteiger partial charge >= 0.3 is 0 Å². The summed E-state index contributed by atoms with van der Waals surface area (Å²) in [6.45, 7) is 3.72. The Morgan fingerprint density at radius 1 is 1.04 bits per heavy atom. The molecule has 0 bridgehead atoms. The van der Waals surface area contributed by atoms with Crippen molar-refractivity contribution in [2.45, 2.75) is 33.1 Å². The van der Waals surface area contributed by atoms with Gasteiger partial charge in [0.15, 0.2) is 11.5 Å². The molecule has 0 aliphatic rings. The maximum atomic E-state index is 11.9. The van der Waals surface area contributed by atoms with Crippen LogP contribution >= 0.6 is 0 Å². The van der Waals surface area contributed by atoms with E-state index in [-0.39, 0.29) is 5.78 Å². The lowest BCUT2D eigenvalue weighted by molar-refractivity contribution is 0.101. The number of hydrogen-bond donors (Lipinski definition) is 0. The molecule has 3 rings (SSSR count). The number of aromatic nitrogens is 3. The van der Waals surface area contributed by atoms with Crippen molar-refractivity contribution in [2.24, 2.45) is 0 Å². The molecule has 0 radical (unpaired) electrons. The molecule has 3 aromatic rings. The van der Waals surface area contributed by atoms with Crippen LogP contribution in [0.3, 0.4) is 0 Å². The van der Waals surface area contributed by atoms with E-state index in [1.54, 1.807) is 4.68 Å². The summed E-state index contributed by atoms with van der Waals surface area (Å²) in [7, 11) is 0. The summed E-state index contributed by atoms with van der Waals surface area (Å²) in [4.78, 5) is 11.9. The monoisotopic (exact) mass is 319 g/mol. The number of ketones is 1. The van der Waals surface area contributed by atoms with Gasteiger partial charge < -0.3 is 0 Å². The minimum atomic E-state index is -0.0836. The Kier molecular flexibility index (Phi) is 4.85. The number of unbranched alkanes of at least 4 members (excludes halogenated alkanes) is 1. The molecule has 4 nitrogen and oxygen atoms in total. The van der Waals surface area contributed by atoms with Crippen LogP contribution in [0.25, 0.3) is 16.9 Å². The predicted molar refractivity (Wildman–Crippen MR) is 95.4 cm³/mol. The number of hydrogen-bond acceptors (Lipinski definition) is 3. The van der Waals surface area contributed by atoms with Crippen molar-refractivity contribution in [2.75, 3.05) is 0 Å². The summed E-state index contributed by atoms with van der Waals surface area (Å²) in [5.41, 5.74) is 4.30. The van der Waals surface area contributed by atoms with E-state index < -0.39 is 0 Å². The van der Waals surface area contributed by atoms with Crippen LogP contribution in [0.15, 0.2) is 54.6 Å². The number of carbonyl (C=O) groups is 1. The van der Waals surface area contributed by atoms with Crippen molar-refractivity contribution in [3.63, 3.8) is 0 Å². The van der Waals surface area contributed by atoms with Crippen molar-refractivity contribution in [3.8, 4) is 16.9 Å². The molecule has 122 valence electrons. The van der Waals surface area contributed by atoms with Gasteiger partial charge in [0.1, 0.15) is 5.69 Å². The van der Waals surface area contributed by atoms with E-state index in [9.17, 15) is 4.79 Å². The van der Waals surface area contributed by atoms with Crippen molar-refractivity contribution >= 4 is 5.78 Å². The predicted octanol–water partition coefficient (Wildman–Crippen LogP) is 4.48. The molecule has 0 spiro atoms. The molecule has 1 aromatic heterocycles. The van der Waals surface area contributed by atoms with Crippen LogP contribution in [-0.2, 0) is 6.42 Å². The van der Waals surface area contributed by atoms with Gasteiger partial charge in [0.25, 0.3) is 0 Å². The first-order valence-electron chi connectivity index (χ1n) is 8.32. The molecular formula is C20H21N3O. The highest BCUT2D eigenvalue weighted by molar-refractivity contribution is 5.98. The maximum absolute atomic E-state index is 11.9. The molecule has 0 unspecified atom stereocenters. The molecule has 0 aliphatic carbocycles. The summed E-state index contributed by atoms with van der Waals surface area (Å²) in [6, 6.07) is 18.1. The minimum Gasteiger partial charge on any atom is -0.293 e. The Balaban J connectivity index is 2.04. The minimum absolute atomic E-state index is 0.0836. The molecule has 0 N–H and O–H groups in total. The van der Waals surface area contributed by atoms with Crippen LogP contribution in [0.2, 0.25) is 0 Å². The molecule has 0 fully saturated rings. The third-order valence-corrected chi connectivity index (χ3v) is 4.05. The lowest BCUT2D eigenvalue weighted by Gasteiger charge is -2.08. The summed E-state index contributed by atoms with van der Waals surface area (Å²) < 4.78 is 1.75. The number of Topliss-reactive ketones (excluding diaryl/α,β-unsaturated/α-hetero) is 1. The zero-order chi connectivity index (χ0) is 16.9. The highest BCUT2D eigenvalue weighted by Crippen LogP contribution is 2.25. The summed E-state index contributed by atoms with van der Waals surface area (Å²) in [5.74, 6) is -0.0836. The Bertz CT molecular complexity index is 820. The van der Waals surface area contributed by atoms with Crippen LogP contribution in [0.1, 0.15) is 42.7 Å². The van der Waals surface area contributed by atoms with Gasteiger partial charge in [0.2, 0.25) is 0 Å². The summed E-state index contributed by atoms with van der Waals surface area (Å²) >= 11 is 0. The number of nitrogens with zero attached hydrogens (tertiary/aromatic N) is 3. The van der Waals surface area contributed by atoms with Gasteiger partial charge in [-0.3, -0.25) is 4.79 Å². The molecule has 1 heterocycles.